The minimum absolute atomic E-state index is 0. The minimum atomic E-state index is -0.458. The van der Waals surface area contributed by atoms with Crippen molar-refractivity contribution in [1.29, 1.82) is 5.26 Å². The molecule has 0 heterocycles. The van der Waals surface area contributed by atoms with E-state index in [0.29, 0.717) is 0 Å². The highest BCUT2D eigenvalue weighted by Gasteiger charge is 2.05. The largest absolute Gasteiger partial charge is 0.197 e. The lowest BCUT2D eigenvalue weighted by Crippen LogP contribution is -2.03. The Hall–Kier alpha value is 0.570. The number of rotatable bonds is 0. The van der Waals surface area contributed by atoms with Crippen LogP contribution in [0, 0.1) is 11.3 Å². The molecule has 0 atom stereocenters. The van der Waals surface area contributed by atoms with E-state index in [1.165, 1.54) is 0 Å². The molecule has 0 N–H and O–H groups in total. The Morgan fingerprint density at radius 2 is 1.71 bits per heavy atom. The summed E-state index contributed by atoms with van der Waals surface area (Å²) in [5.74, 6) is 0. The van der Waals surface area contributed by atoms with Crippen LogP contribution in [0.1, 0.15) is 13.8 Å². The van der Waals surface area contributed by atoms with Gasteiger partial charge in [-0.25, -0.2) is 0 Å². The van der Waals surface area contributed by atoms with E-state index in [1.807, 2.05) is 6.07 Å². The average Bonchev–Trinajstić information content (AvgIpc) is 1.35. The first kappa shape index (κ1) is 10.5. The Balaban J connectivity index is 0. The van der Waals surface area contributed by atoms with Gasteiger partial charge in [0.25, 0.3) is 0 Å². The van der Waals surface area contributed by atoms with Gasteiger partial charge in [-0.3, -0.25) is 0 Å². The van der Waals surface area contributed by atoms with Gasteiger partial charge in [0, 0.05) is 0 Å². The Labute approximate surface area is 66.5 Å². The van der Waals surface area contributed by atoms with Crippen LogP contribution in [0.5, 0.6) is 0 Å². The summed E-state index contributed by atoms with van der Waals surface area (Å²) in [7, 11) is 0. The van der Waals surface area contributed by atoms with Gasteiger partial charge in [-0.15, -0.1) is 24.0 Å². The Morgan fingerprint density at radius 1 is 1.57 bits per heavy atom. The Morgan fingerprint density at radius 3 is 1.71 bits per heavy atom. The van der Waals surface area contributed by atoms with E-state index in [9.17, 15) is 0 Å². The van der Waals surface area contributed by atoms with Crippen LogP contribution < -0.4 is 0 Å². The molecule has 0 saturated heterocycles. The quantitative estimate of drug-likeness (QED) is 0.497. The second kappa shape index (κ2) is 3.56. The highest BCUT2D eigenvalue weighted by Crippen LogP contribution is 2.07. The molecule has 0 aliphatic carbocycles. The van der Waals surface area contributed by atoms with Crippen LogP contribution in [-0.4, -0.2) is 4.75 Å². The van der Waals surface area contributed by atoms with Crippen LogP contribution >= 0.6 is 36.6 Å². The van der Waals surface area contributed by atoms with Crippen molar-refractivity contribution < 1.29 is 0 Å². The topological polar surface area (TPSA) is 23.8 Å². The monoisotopic (exact) mass is 229 g/mol. The zero-order valence-electron chi connectivity index (χ0n) is 4.30. The van der Waals surface area contributed by atoms with Gasteiger partial charge >= 0.3 is 0 Å². The number of nitriles is 1. The maximum absolute atomic E-state index is 8.08. The van der Waals surface area contributed by atoms with Crippen molar-refractivity contribution in [3.63, 3.8) is 0 Å². The third-order valence-corrected chi connectivity index (χ3v) is 0.374. The predicted molar refractivity (Wildman–Crippen MR) is 44.1 cm³/mol. The number of hydrogen-bond acceptors (Lipinski definition) is 2. The zero-order valence-corrected chi connectivity index (χ0v) is 7.53. The van der Waals surface area contributed by atoms with Crippen molar-refractivity contribution in [3.8, 4) is 6.07 Å². The minimum Gasteiger partial charge on any atom is -0.197 e. The van der Waals surface area contributed by atoms with Crippen molar-refractivity contribution in [1.82, 2.24) is 0 Å². The molecule has 0 aliphatic heterocycles. The van der Waals surface area contributed by atoms with E-state index in [0.717, 1.165) is 0 Å². The van der Waals surface area contributed by atoms with Crippen molar-refractivity contribution >= 4 is 36.6 Å². The summed E-state index contributed by atoms with van der Waals surface area (Å²) < 4.78 is -0.458. The van der Waals surface area contributed by atoms with Gasteiger partial charge in [0.1, 0.15) is 0 Å². The molecule has 0 bridgehead atoms. The van der Waals surface area contributed by atoms with E-state index >= 15 is 0 Å². The molecule has 7 heavy (non-hydrogen) atoms. The molecule has 0 fully saturated rings. The first-order valence-electron chi connectivity index (χ1n) is 1.70. The molecule has 0 radical (unpaired) electrons. The van der Waals surface area contributed by atoms with E-state index in [2.05, 4.69) is 12.6 Å². The van der Waals surface area contributed by atoms with Gasteiger partial charge in [-0.2, -0.15) is 17.9 Å². The average molecular weight is 229 g/mol. The highest BCUT2D eigenvalue weighted by molar-refractivity contribution is 14.0. The van der Waals surface area contributed by atoms with E-state index in [1.54, 1.807) is 13.8 Å². The smallest absolute Gasteiger partial charge is 0.0939 e. The summed E-state index contributed by atoms with van der Waals surface area (Å²) in [6.45, 7) is 3.49. The molecule has 0 aromatic carbocycles. The van der Waals surface area contributed by atoms with Crippen molar-refractivity contribution in [2.75, 3.05) is 0 Å². The van der Waals surface area contributed by atoms with E-state index < -0.39 is 4.75 Å². The first-order valence-corrected chi connectivity index (χ1v) is 2.14. The summed E-state index contributed by atoms with van der Waals surface area (Å²) in [4.78, 5) is 0. The molecule has 1 nitrogen and oxygen atoms in total. The van der Waals surface area contributed by atoms with Crippen LogP contribution in [0.2, 0.25) is 0 Å². The molecule has 0 aliphatic rings. The molecule has 0 rings (SSSR count). The molecule has 3 heteroatoms. The first-order chi connectivity index (χ1) is 2.56. The van der Waals surface area contributed by atoms with Crippen molar-refractivity contribution in [3.05, 3.63) is 0 Å². The van der Waals surface area contributed by atoms with Crippen LogP contribution in [-0.2, 0) is 0 Å². The second-order valence-corrected chi connectivity index (χ2v) is 2.79. The number of halogens is 1. The summed E-state index contributed by atoms with van der Waals surface area (Å²) in [5.41, 5.74) is 0. The van der Waals surface area contributed by atoms with Crippen LogP contribution in [0.4, 0.5) is 0 Å². The number of hydrogen-bond donors (Lipinski definition) is 1. The molecular formula is C4H8INS. The molecule has 0 aromatic heterocycles. The van der Waals surface area contributed by atoms with Gasteiger partial charge in [-0.05, 0) is 13.8 Å². The van der Waals surface area contributed by atoms with Crippen molar-refractivity contribution in [2.45, 2.75) is 18.6 Å². The zero-order chi connectivity index (χ0) is 5.21. The standard InChI is InChI=1S/C4H7NS.HI/c1-4(2,6)3-5;/h6H,1-2H3;1H. The summed E-state index contributed by atoms with van der Waals surface area (Å²) in [5, 5.41) is 8.08. The molecule has 0 saturated carbocycles. The molecule has 42 valence electrons. The molecule has 0 amide bonds. The second-order valence-electron chi connectivity index (χ2n) is 1.67. The van der Waals surface area contributed by atoms with Gasteiger partial charge in [-0.1, -0.05) is 0 Å². The third kappa shape index (κ3) is 10.8. The van der Waals surface area contributed by atoms with Gasteiger partial charge in [0.2, 0.25) is 0 Å². The molecule has 0 unspecified atom stereocenters. The van der Waals surface area contributed by atoms with Crippen LogP contribution in [0.25, 0.3) is 0 Å². The number of nitrogens with zero attached hydrogens (tertiary/aromatic N) is 1. The SMILES string of the molecule is CC(C)(S)C#N.I. The summed E-state index contributed by atoms with van der Waals surface area (Å²) in [6.07, 6.45) is 0. The summed E-state index contributed by atoms with van der Waals surface area (Å²) in [6, 6.07) is 1.97. The van der Waals surface area contributed by atoms with Gasteiger partial charge in [0.15, 0.2) is 0 Å². The maximum atomic E-state index is 8.08. The fourth-order valence-corrected chi connectivity index (χ4v) is 0. The number of thiol groups is 1. The fourth-order valence-electron chi connectivity index (χ4n) is 0. The normalized spacial score (nSPS) is 8.86. The van der Waals surface area contributed by atoms with Gasteiger partial charge < -0.3 is 0 Å². The Kier molecular flexibility index (Phi) is 5.35. The van der Waals surface area contributed by atoms with Crippen molar-refractivity contribution in [2.24, 2.45) is 0 Å². The molecular weight excluding hydrogens is 221 g/mol. The molecule has 0 spiro atoms. The highest BCUT2D eigenvalue weighted by atomic mass is 127. The molecule has 0 aromatic rings. The fraction of sp³-hybridized carbons (Fsp3) is 0.750. The lowest BCUT2D eigenvalue weighted by molar-refractivity contribution is 0.924. The lowest BCUT2D eigenvalue weighted by Gasteiger charge is -2.00. The Bertz CT molecular complexity index is 78.7. The summed E-state index contributed by atoms with van der Waals surface area (Å²) >= 11 is 3.89. The van der Waals surface area contributed by atoms with E-state index in [4.69, 9.17) is 5.26 Å². The maximum Gasteiger partial charge on any atom is 0.0939 e. The van der Waals surface area contributed by atoms with Crippen LogP contribution in [0.3, 0.4) is 0 Å². The van der Waals surface area contributed by atoms with Crippen LogP contribution in [0.15, 0.2) is 0 Å². The third-order valence-electron chi connectivity index (χ3n) is 0.274. The van der Waals surface area contributed by atoms with Gasteiger partial charge in [0.05, 0.1) is 10.8 Å². The van der Waals surface area contributed by atoms with E-state index in [-0.39, 0.29) is 24.0 Å². The lowest BCUT2D eigenvalue weighted by atomic mass is 10.2. The predicted octanol–water partition coefficient (Wildman–Crippen LogP) is 1.84.